The number of methoxy groups -OCH3 is 2. The monoisotopic (exact) mass is 458 g/mol. The molecule has 0 saturated heterocycles. The number of ether oxygens (including phenoxy) is 2. The standard InChI is InChI=1S/C28H30N2O4/c1-33-22-10-11-23-21(18-22)9-12-25(24(23)16-19-6-4-3-5-7-19)30-28(32)29-15-14-20-8-13-26(31)27(17-20)34-2/h3-8,10-11,13-15,17-18,24-25,31H,9,12,16H2,1-2H3,(H2,29,30,32)/b15-14+. The summed E-state index contributed by atoms with van der Waals surface area (Å²) in [6.45, 7) is 0. The minimum Gasteiger partial charge on any atom is -0.504 e. The van der Waals surface area contributed by atoms with Crippen molar-refractivity contribution in [1.29, 1.82) is 0 Å². The average molecular weight is 459 g/mol. The Balaban J connectivity index is 1.47. The molecule has 2 amide bonds. The number of hydrogen-bond acceptors (Lipinski definition) is 4. The Morgan fingerprint density at radius 1 is 1.06 bits per heavy atom. The normalized spacial score (nSPS) is 17.1. The van der Waals surface area contributed by atoms with Crippen molar-refractivity contribution in [3.8, 4) is 17.2 Å². The molecular weight excluding hydrogens is 428 g/mol. The van der Waals surface area contributed by atoms with Crippen molar-refractivity contribution in [3.63, 3.8) is 0 Å². The number of benzene rings is 3. The zero-order valence-corrected chi connectivity index (χ0v) is 19.5. The highest BCUT2D eigenvalue weighted by Gasteiger charge is 2.31. The summed E-state index contributed by atoms with van der Waals surface area (Å²) in [6, 6.07) is 21.4. The molecule has 1 aliphatic rings. The fourth-order valence-electron chi connectivity index (χ4n) is 4.53. The molecule has 6 nitrogen and oxygen atoms in total. The number of rotatable bonds is 7. The molecule has 0 bridgehead atoms. The quantitative estimate of drug-likeness (QED) is 0.464. The van der Waals surface area contributed by atoms with Gasteiger partial charge in [0.25, 0.3) is 0 Å². The predicted molar refractivity (Wildman–Crippen MR) is 133 cm³/mol. The maximum absolute atomic E-state index is 12.7. The van der Waals surface area contributed by atoms with E-state index in [2.05, 4.69) is 34.9 Å². The average Bonchev–Trinajstić information content (AvgIpc) is 2.86. The molecule has 0 fully saturated rings. The molecule has 2 atom stereocenters. The van der Waals surface area contributed by atoms with E-state index in [9.17, 15) is 9.90 Å². The smallest absolute Gasteiger partial charge is 0.318 e. The lowest BCUT2D eigenvalue weighted by Crippen LogP contribution is -2.45. The first kappa shape index (κ1) is 23.2. The Morgan fingerprint density at radius 3 is 2.65 bits per heavy atom. The van der Waals surface area contributed by atoms with E-state index in [1.54, 1.807) is 37.6 Å². The van der Waals surface area contributed by atoms with Crippen LogP contribution in [-0.4, -0.2) is 31.4 Å². The van der Waals surface area contributed by atoms with Crippen molar-refractivity contribution >= 4 is 12.1 Å². The molecule has 0 radical (unpaired) electrons. The molecule has 0 heterocycles. The van der Waals surface area contributed by atoms with Gasteiger partial charge < -0.3 is 25.2 Å². The van der Waals surface area contributed by atoms with Crippen LogP contribution in [-0.2, 0) is 12.8 Å². The Labute approximate surface area is 200 Å². The van der Waals surface area contributed by atoms with E-state index in [0.717, 1.165) is 30.6 Å². The number of aryl methyl sites for hydroxylation is 1. The number of phenols is 1. The van der Waals surface area contributed by atoms with Crippen LogP contribution in [0.3, 0.4) is 0 Å². The topological polar surface area (TPSA) is 79.8 Å². The third-order valence-electron chi connectivity index (χ3n) is 6.27. The van der Waals surface area contributed by atoms with Crippen LogP contribution in [0.5, 0.6) is 17.2 Å². The van der Waals surface area contributed by atoms with Gasteiger partial charge in [0.05, 0.1) is 14.2 Å². The first-order chi connectivity index (χ1) is 16.6. The fraction of sp³-hybridized carbons (Fsp3) is 0.250. The largest absolute Gasteiger partial charge is 0.504 e. The highest BCUT2D eigenvalue weighted by atomic mass is 16.5. The van der Waals surface area contributed by atoms with Gasteiger partial charge in [-0.15, -0.1) is 0 Å². The molecular formula is C28H30N2O4. The molecule has 176 valence electrons. The molecule has 4 rings (SSSR count). The Kier molecular flexibility index (Phi) is 7.38. The van der Waals surface area contributed by atoms with Crippen molar-refractivity contribution in [2.45, 2.75) is 31.2 Å². The second kappa shape index (κ2) is 10.8. The van der Waals surface area contributed by atoms with Gasteiger partial charge in [0, 0.05) is 18.2 Å². The lowest BCUT2D eigenvalue weighted by atomic mass is 9.76. The van der Waals surface area contributed by atoms with Crippen LogP contribution in [0.25, 0.3) is 6.08 Å². The van der Waals surface area contributed by atoms with Crippen LogP contribution in [0, 0.1) is 0 Å². The molecule has 6 heteroatoms. The molecule has 2 unspecified atom stereocenters. The maximum atomic E-state index is 12.7. The highest BCUT2D eigenvalue weighted by molar-refractivity contribution is 5.76. The molecule has 34 heavy (non-hydrogen) atoms. The molecule has 0 aliphatic heterocycles. The highest BCUT2D eigenvalue weighted by Crippen LogP contribution is 2.36. The summed E-state index contributed by atoms with van der Waals surface area (Å²) in [5.41, 5.74) is 4.58. The number of hydrogen-bond donors (Lipinski definition) is 3. The minimum absolute atomic E-state index is 0.00303. The van der Waals surface area contributed by atoms with E-state index in [0.29, 0.717) is 5.75 Å². The summed E-state index contributed by atoms with van der Waals surface area (Å²) in [6.07, 6.45) is 5.92. The fourth-order valence-corrected chi connectivity index (χ4v) is 4.53. The molecule has 3 aromatic carbocycles. The molecule has 3 aromatic rings. The van der Waals surface area contributed by atoms with Crippen LogP contribution in [0.15, 0.2) is 72.9 Å². The first-order valence-corrected chi connectivity index (χ1v) is 11.4. The van der Waals surface area contributed by atoms with E-state index in [1.807, 2.05) is 24.3 Å². The van der Waals surface area contributed by atoms with Gasteiger partial charge >= 0.3 is 6.03 Å². The predicted octanol–water partition coefficient (Wildman–Crippen LogP) is 5.02. The van der Waals surface area contributed by atoms with Crippen molar-refractivity contribution in [2.75, 3.05) is 14.2 Å². The number of nitrogens with one attached hydrogen (secondary N) is 2. The van der Waals surface area contributed by atoms with Gasteiger partial charge in [-0.25, -0.2) is 4.79 Å². The van der Waals surface area contributed by atoms with E-state index >= 15 is 0 Å². The van der Waals surface area contributed by atoms with Crippen molar-refractivity contribution < 1.29 is 19.4 Å². The first-order valence-electron chi connectivity index (χ1n) is 11.4. The van der Waals surface area contributed by atoms with E-state index in [4.69, 9.17) is 9.47 Å². The van der Waals surface area contributed by atoms with Crippen LogP contribution in [0.1, 0.15) is 34.6 Å². The van der Waals surface area contributed by atoms with Crippen molar-refractivity contribution in [1.82, 2.24) is 10.6 Å². The maximum Gasteiger partial charge on any atom is 0.318 e. The number of phenolic OH excluding ortho intramolecular Hbond substituents is 1. The minimum atomic E-state index is -0.248. The van der Waals surface area contributed by atoms with Gasteiger partial charge in [0.15, 0.2) is 11.5 Å². The van der Waals surface area contributed by atoms with E-state index < -0.39 is 0 Å². The van der Waals surface area contributed by atoms with Gasteiger partial charge in [0.2, 0.25) is 0 Å². The number of carbonyl (C=O) groups is 1. The van der Waals surface area contributed by atoms with Gasteiger partial charge in [-0.2, -0.15) is 0 Å². The van der Waals surface area contributed by atoms with Gasteiger partial charge in [-0.3, -0.25) is 0 Å². The summed E-state index contributed by atoms with van der Waals surface area (Å²) in [5.74, 6) is 1.48. The zero-order chi connectivity index (χ0) is 23.9. The Morgan fingerprint density at radius 2 is 1.88 bits per heavy atom. The number of urea groups is 1. The van der Waals surface area contributed by atoms with Gasteiger partial charge in [0.1, 0.15) is 5.75 Å². The molecule has 3 N–H and O–H groups in total. The number of aromatic hydroxyl groups is 1. The number of carbonyl (C=O) groups excluding carboxylic acids is 1. The summed E-state index contributed by atoms with van der Waals surface area (Å²) >= 11 is 0. The van der Waals surface area contributed by atoms with Crippen LogP contribution < -0.4 is 20.1 Å². The Hall–Kier alpha value is -3.93. The number of fused-ring (bicyclic) bond motifs is 1. The second-order valence-electron chi connectivity index (χ2n) is 8.39. The van der Waals surface area contributed by atoms with E-state index in [-0.39, 0.29) is 23.7 Å². The zero-order valence-electron chi connectivity index (χ0n) is 19.5. The van der Waals surface area contributed by atoms with Crippen LogP contribution in [0.4, 0.5) is 4.79 Å². The van der Waals surface area contributed by atoms with Gasteiger partial charge in [-0.1, -0.05) is 42.5 Å². The van der Waals surface area contributed by atoms with Crippen molar-refractivity contribution in [2.24, 2.45) is 0 Å². The lowest BCUT2D eigenvalue weighted by Gasteiger charge is -2.34. The summed E-state index contributed by atoms with van der Waals surface area (Å²) in [7, 11) is 3.18. The summed E-state index contributed by atoms with van der Waals surface area (Å²) in [5, 5.41) is 15.7. The SMILES string of the molecule is COc1ccc2c(c1)CCC(NC(=O)N/C=C/c1ccc(O)c(OC)c1)C2Cc1ccccc1. The van der Waals surface area contributed by atoms with Crippen molar-refractivity contribution in [3.05, 3.63) is 95.2 Å². The summed E-state index contributed by atoms with van der Waals surface area (Å²) in [4.78, 5) is 12.7. The summed E-state index contributed by atoms with van der Waals surface area (Å²) < 4.78 is 10.5. The molecule has 0 aromatic heterocycles. The third kappa shape index (κ3) is 5.52. The molecule has 0 saturated carbocycles. The van der Waals surface area contributed by atoms with Crippen LogP contribution >= 0.6 is 0 Å². The van der Waals surface area contributed by atoms with E-state index in [1.165, 1.54) is 23.8 Å². The molecule has 1 aliphatic carbocycles. The second-order valence-corrected chi connectivity index (χ2v) is 8.39. The van der Waals surface area contributed by atoms with Gasteiger partial charge in [-0.05, 0) is 71.9 Å². The number of amides is 2. The molecule has 0 spiro atoms. The third-order valence-corrected chi connectivity index (χ3v) is 6.27. The lowest BCUT2D eigenvalue weighted by molar-refractivity contribution is 0.236. The Bertz CT molecular complexity index is 1160. The van der Waals surface area contributed by atoms with Crippen LogP contribution in [0.2, 0.25) is 0 Å².